The predicted octanol–water partition coefficient (Wildman–Crippen LogP) is 2.23. The normalized spacial score (nSPS) is 15.3. The summed E-state index contributed by atoms with van der Waals surface area (Å²) in [6.45, 7) is 9.20. The van der Waals surface area contributed by atoms with Crippen molar-refractivity contribution in [3.63, 3.8) is 0 Å². The summed E-state index contributed by atoms with van der Waals surface area (Å²) in [4.78, 5) is 20.2. The summed E-state index contributed by atoms with van der Waals surface area (Å²) in [5, 5.41) is 3.33. The third kappa shape index (κ3) is 6.66. The number of nitrogens with zero attached hydrogens (tertiary/aromatic N) is 6. The Labute approximate surface area is 178 Å². The Morgan fingerprint density at radius 3 is 2.63 bits per heavy atom. The highest BCUT2D eigenvalue weighted by Crippen LogP contribution is 2.10. The molecule has 2 aromatic rings. The second kappa shape index (κ2) is 11.4. The van der Waals surface area contributed by atoms with E-state index in [2.05, 4.69) is 32.0 Å². The van der Waals surface area contributed by atoms with E-state index >= 15 is 0 Å². The number of anilines is 1. The SMILES string of the molecule is CCNC(=NCCCN1CCN(c2ncccn2)CC1)N(C)Cc1cccc(F)c1. The Hall–Kier alpha value is -2.74. The fourth-order valence-electron chi connectivity index (χ4n) is 3.56. The lowest BCUT2D eigenvalue weighted by molar-refractivity contribution is 0.255. The van der Waals surface area contributed by atoms with Gasteiger partial charge in [-0.05, 0) is 37.1 Å². The van der Waals surface area contributed by atoms with Gasteiger partial charge in [0.1, 0.15) is 5.82 Å². The van der Waals surface area contributed by atoms with E-state index in [0.717, 1.165) is 69.7 Å². The first kappa shape index (κ1) is 22.0. The molecule has 0 aliphatic carbocycles. The molecule has 1 aromatic carbocycles. The molecular formula is C22H32FN7. The fourth-order valence-corrected chi connectivity index (χ4v) is 3.56. The number of halogens is 1. The molecule has 0 amide bonds. The lowest BCUT2D eigenvalue weighted by Gasteiger charge is -2.34. The number of aromatic nitrogens is 2. The second-order valence-electron chi connectivity index (χ2n) is 7.45. The summed E-state index contributed by atoms with van der Waals surface area (Å²) in [6, 6.07) is 8.56. The first-order valence-electron chi connectivity index (χ1n) is 10.6. The molecule has 0 spiro atoms. The summed E-state index contributed by atoms with van der Waals surface area (Å²) in [6.07, 6.45) is 4.59. The van der Waals surface area contributed by atoms with Crippen molar-refractivity contribution >= 4 is 11.9 Å². The third-order valence-electron chi connectivity index (χ3n) is 5.11. The van der Waals surface area contributed by atoms with Gasteiger partial charge in [-0.2, -0.15) is 0 Å². The van der Waals surface area contributed by atoms with Crippen molar-refractivity contribution in [1.82, 2.24) is 25.1 Å². The standard InChI is InChI=1S/C22H32FN7/c1-3-24-21(28(2)18-19-7-4-8-20(23)17-19)25-11-6-12-29-13-15-30(16-14-29)22-26-9-5-10-27-22/h4-5,7-10,17H,3,6,11-16,18H2,1-2H3,(H,24,25). The van der Waals surface area contributed by atoms with Crippen LogP contribution in [0.15, 0.2) is 47.7 Å². The first-order chi connectivity index (χ1) is 14.7. The van der Waals surface area contributed by atoms with Crippen LogP contribution >= 0.6 is 0 Å². The Morgan fingerprint density at radius 1 is 1.17 bits per heavy atom. The zero-order valence-electron chi connectivity index (χ0n) is 18.0. The molecule has 2 heterocycles. The topological polar surface area (TPSA) is 59.9 Å². The largest absolute Gasteiger partial charge is 0.357 e. The molecule has 1 aliphatic rings. The van der Waals surface area contributed by atoms with E-state index in [4.69, 9.17) is 4.99 Å². The van der Waals surface area contributed by atoms with E-state index in [9.17, 15) is 4.39 Å². The monoisotopic (exact) mass is 413 g/mol. The summed E-state index contributed by atoms with van der Waals surface area (Å²) in [7, 11) is 1.98. The summed E-state index contributed by atoms with van der Waals surface area (Å²) in [5.41, 5.74) is 0.934. The van der Waals surface area contributed by atoms with Crippen LogP contribution in [0.4, 0.5) is 10.3 Å². The molecule has 1 N–H and O–H groups in total. The highest BCUT2D eigenvalue weighted by molar-refractivity contribution is 5.79. The van der Waals surface area contributed by atoms with E-state index < -0.39 is 0 Å². The van der Waals surface area contributed by atoms with Gasteiger partial charge in [0, 0.05) is 71.8 Å². The molecule has 1 fully saturated rings. The van der Waals surface area contributed by atoms with Gasteiger partial charge in [-0.1, -0.05) is 12.1 Å². The van der Waals surface area contributed by atoms with Gasteiger partial charge in [0.15, 0.2) is 5.96 Å². The van der Waals surface area contributed by atoms with Crippen molar-refractivity contribution in [3.05, 3.63) is 54.1 Å². The maximum Gasteiger partial charge on any atom is 0.225 e. The minimum atomic E-state index is -0.207. The summed E-state index contributed by atoms with van der Waals surface area (Å²) >= 11 is 0. The van der Waals surface area contributed by atoms with Crippen LogP contribution in [0.5, 0.6) is 0 Å². The van der Waals surface area contributed by atoms with Crippen molar-refractivity contribution in [2.75, 3.05) is 57.8 Å². The highest BCUT2D eigenvalue weighted by Gasteiger charge is 2.18. The maximum atomic E-state index is 13.4. The van der Waals surface area contributed by atoms with Gasteiger partial charge in [0.2, 0.25) is 5.95 Å². The number of rotatable bonds is 8. The molecule has 0 saturated carbocycles. The second-order valence-corrected chi connectivity index (χ2v) is 7.45. The van der Waals surface area contributed by atoms with Gasteiger partial charge in [-0.25, -0.2) is 14.4 Å². The Kier molecular flexibility index (Phi) is 8.38. The minimum absolute atomic E-state index is 0.207. The molecule has 8 heteroatoms. The number of aliphatic imine (C=N–C) groups is 1. The van der Waals surface area contributed by atoms with Gasteiger partial charge in [-0.15, -0.1) is 0 Å². The van der Waals surface area contributed by atoms with Gasteiger partial charge in [0.05, 0.1) is 0 Å². The van der Waals surface area contributed by atoms with Crippen LogP contribution < -0.4 is 10.2 Å². The Morgan fingerprint density at radius 2 is 1.93 bits per heavy atom. The van der Waals surface area contributed by atoms with Crippen LogP contribution in [0.2, 0.25) is 0 Å². The Bertz CT molecular complexity index is 791. The van der Waals surface area contributed by atoms with Crippen LogP contribution in [0.25, 0.3) is 0 Å². The van der Waals surface area contributed by atoms with E-state index in [1.807, 2.05) is 24.1 Å². The molecular weight excluding hydrogens is 381 g/mol. The molecule has 7 nitrogen and oxygen atoms in total. The zero-order valence-corrected chi connectivity index (χ0v) is 18.0. The molecule has 3 rings (SSSR count). The number of guanidine groups is 1. The van der Waals surface area contributed by atoms with Crippen LogP contribution in [0.1, 0.15) is 18.9 Å². The van der Waals surface area contributed by atoms with Crippen molar-refractivity contribution < 1.29 is 4.39 Å². The van der Waals surface area contributed by atoms with Crippen molar-refractivity contribution in [3.8, 4) is 0 Å². The fraction of sp³-hybridized carbons (Fsp3) is 0.500. The quantitative estimate of drug-likeness (QED) is 0.407. The zero-order chi connectivity index (χ0) is 21.2. The number of benzene rings is 1. The number of piperazine rings is 1. The van der Waals surface area contributed by atoms with Crippen LogP contribution in [-0.4, -0.2) is 78.6 Å². The van der Waals surface area contributed by atoms with Gasteiger partial charge in [0.25, 0.3) is 0 Å². The summed E-state index contributed by atoms with van der Waals surface area (Å²) < 4.78 is 13.4. The van der Waals surface area contributed by atoms with Crippen LogP contribution in [-0.2, 0) is 6.54 Å². The molecule has 30 heavy (non-hydrogen) atoms. The number of hydrogen-bond donors (Lipinski definition) is 1. The molecule has 162 valence electrons. The van der Waals surface area contributed by atoms with Crippen molar-refractivity contribution in [2.24, 2.45) is 4.99 Å². The molecule has 0 bridgehead atoms. The number of nitrogens with one attached hydrogen (secondary N) is 1. The van der Waals surface area contributed by atoms with Crippen LogP contribution in [0.3, 0.4) is 0 Å². The average molecular weight is 414 g/mol. The molecule has 1 aliphatic heterocycles. The Balaban J connectivity index is 1.42. The lowest BCUT2D eigenvalue weighted by atomic mass is 10.2. The molecule has 1 saturated heterocycles. The molecule has 0 unspecified atom stereocenters. The molecule has 0 radical (unpaired) electrons. The molecule has 0 atom stereocenters. The minimum Gasteiger partial charge on any atom is -0.357 e. The van der Waals surface area contributed by atoms with E-state index in [1.54, 1.807) is 24.5 Å². The van der Waals surface area contributed by atoms with E-state index in [0.29, 0.717) is 6.54 Å². The van der Waals surface area contributed by atoms with Gasteiger partial charge >= 0.3 is 0 Å². The lowest BCUT2D eigenvalue weighted by Crippen LogP contribution is -2.47. The van der Waals surface area contributed by atoms with E-state index in [1.165, 1.54) is 6.07 Å². The van der Waals surface area contributed by atoms with Crippen molar-refractivity contribution in [2.45, 2.75) is 19.9 Å². The average Bonchev–Trinajstić information content (AvgIpc) is 2.77. The van der Waals surface area contributed by atoms with Gasteiger partial charge < -0.3 is 15.1 Å². The first-order valence-corrected chi connectivity index (χ1v) is 10.6. The summed E-state index contributed by atoms with van der Waals surface area (Å²) in [5.74, 6) is 1.47. The van der Waals surface area contributed by atoms with Gasteiger partial charge in [-0.3, -0.25) is 9.89 Å². The number of hydrogen-bond acceptors (Lipinski definition) is 5. The van der Waals surface area contributed by atoms with Crippen molar-refractivity contribution in [1.29, 1.82) is 0 Å². The smallest absolute Gasteiger partial charge is 0.225 e. The predicted molar refractivity (Wildman–Crippen MR) is 119 cm³/mol. The molecule has 1 aromatic heterocycles. The third-order valence-corrected chi connectivity index (χ3v) is 5.11. The highest BCUT2D eigenvalue weighted by atomic mass is 19.1. The van der Waals surface area contributed by atoms with Crippen LogP contribution in [0, 0.1) is 5.82 Å². The maximum absolute atomic E-state index is 13.4. The van der Waals surface area contributed by atoms with E-state index in [-0.39, 0.29) is 5.82 Å².